The second kappa shape index (κ2) is 6.38. The van der Waals surface area contributed by atoms with Gasteiger partial charge in [-0.2, -0.15) is 0 Å². The summed E-state index contributed by atoms with van der Waals surface area (Å²) in [5.74, 6) is 0.906. The number of aliphatic hydroxyl groups excluding tert-OH is 1. The molecule has 100 valence electrons. The summed E-state index contributed by atoms with van der Waals surface area (Å²) >= 11 is 5.93. The predicted octanol–water partition coefficient (Wildman–Crippen LogP) is 1.24. The maximum Gasteiger partial charge on any atom is 0.123 e. The number of hydrogen-bond acceptors (Lipinski definition) is 4. The average molecular weight is 272 g/mol. The highest BCUT2D eigenvalue weighted by Gasteiger charge is 2.22. The molecule has 2 unspecified atom stereocenters. The van der Waals surface area contributed by atoms with Crippen LogP contribution in [0.2, 0.25) is 5.02 Å². The second-order valence-corrected chi connectivity index (χ2v) is 4.90. The third kappa shape index (κ3) is 3.59. The number of fused-ring (bicyclic) bond motifs is 1. The Morgan fingerprint density at radius 3 is 3.22 bits per heavy atom. The van der Waals surface area contributed by atoms with Crippen LogP contribution >= 0.6 is 11.6 Å². The summed E-state index contributed by atoms with van der Waals surface area (Å²) in [6.07, 6.45) is 0.477. The molecule has 0 amide bonds. The third-order valence-corrected chi connectivity index (χ3v) is 3.11. The third-order valence-electron chi connectivity index (χ3n) is 2.87. The average Bonchev–Trinajstić information content (AvgIpc) is 2.71. The van der Waals surface area contributed by atoms with Crippen molar-refractivity contribution >= 4 is 11.6 Å². The molecule has 2 N–H and O–H groups in total. The van der Waals surface area contributed by atoms with E-state index in [1.807, 2.05) is 18.2 Å². The molecule has 1 aromatic carbocycles. The number of halogens is 1. The Hall–Kier alpha value is -0.810. The van der Waals surface area contributed by atoms with E-state index in [4.69, 9.17) is 21.1 Å². The van der Waals surface area contributed by atoms with Crippen LogP contribution in [0.5, 0.6) is 5.75 Å². The molecule has 1 aromatic rings. The van der Waals surface area contributed by atoms with Crippen molar-refractivity contribution in [3.8, 4) is 5.75 Å². The summed E-state index contributed by atoms with van der Waals surface area (Å²) in [5, 5.41) is 13.4. The summed E-state index contributed by atoms with van der Waals surface area (Å²) in [4.78, 5) is 0. The number of methoxy groups -OCH3 is 1. The highest BCUT2D eigenvalue weighted by atomic mass is 35.5. The lowest BCUT2D eigenvalue weighted by molar-refractivity contribution is 0.0629. The normalized spacial score (nSPS) is 19.4. The fourth-order valence-corrected chi connectivity index (χ4v) is 2.26. The van der Waals surface area contributed by atoms with Gasteiger partial charge >= 0.3 is 0 Å². The van der Waals surface area contributed by atoms with Crippen LogP contribution in [0.15, 0.2) is 18.2 Å². The van der Waals surface area contributed by atoms with Crippen molar-refractivity contribution in [3.63, 3.8) is 0 Å². The number of aliphatic hydroxyl groups is 1. The first-order chi connectivity index (χ1) is 8.69. The molecule has 0 saturated carbocycles. The molecule has 2 rings (SSSR count). The molecule has 1 aliphatic rings. The lowest BCUT2D eigenvalue weighted by Crippen LogP contribution is -2.36. The van der Waals surface area contributed by atoms with Crippen LogP contribution in [0, 0.1) is 0 Å². The van der Waals surface area contributed by atoms with E-state index in [1.54, 1.807) is 7.11 Å². The van der Waals surface area contributed by atoms with Gasteiger partial charge in [0.25, 0.3) is 0 Å². The van der Waals surface area contributed by atoms with E-state index in [2.05, 4.69) is 5.32 Å². The van der Waals surface area contributed by atoms with Crippen LogP contribution in [0.1, 0.15) is 5.56 Å². The molecule has 0 bridgehead atoms. The molecule has 0 aliphatic carbocycles. The molecule has 0 aromatic heterocycles. The summed E-state index contributed by atoms with van der Waals surface area (Å²) in [5.41, 5.74) is 1.15. The van der Waals surface area contributed by atoms with Gasteiger partial charge in [-0.3, -0.25) is 0 Å². The molecule has 0 spiro atoms. The first-order valence-electron chi connectivity index (χ1n) is 6.02. The van der Waals surface area contributed by atoms with E-state index in [0.29, 0.717) is 19.7 Å². The van der Waals surface area contributed by atoms with E-state index >= 15 is 0 Å². The molecule has 0 fully saturated rings. The Morgan fingerprint density at radius 1 is 1.61 bits per heavy atom. The monoisotopic (exact) mass is 271 g/mol. The first kappa shape index (κ1) is 13.6. The lowest BCUT2D eigenvalue weighted by Gasteiger charge is -2.14. The van der Waals surface area contributed by atoms with E-state index in [0.717, 1.165) is 22.8 Å². The van der Waals surface area contributed by atoms with Gasteiger partial charge in [0.15, 0.2) is 0 Å². The van der Waals surface area contributed by atoms with Crippen molar-refractivity contribution in [2.24, 2.45) is 0 Å². The van der Waals surface area contributed by atoms with Gasteiger partial charge in [-0.1, -0.05) is 11.6 Å². The Kier molecular flexibility index (Phi) is 4.83. The molecule has 1 aliphatic heterocycles. The zero-order valence-corrected chi connectivity index (χ0v) is 11.1. The molecule has 5 heteroatoms. The van der Waals surface area contributed by atoms with Gasteiger partial charge in [0.2, 0.25) is 0 Å². The molecule has 0 saturated heterocycles. The van der Waals surface area contributed by atoms with Crippen molar-refractivity contribution < 1.29 is 14.6 Å². The molecule has 0 radical (unpaired) electrons. The molecule has 18 heavy (non-hydrogen) atoms. The van der Waals surface area contributed by atoms with Gasteiger partial charge in [-0.25, -0.2) is 0 Å². The quantitative estimate of drug-likeness (QED) is 0.817. The van der Waals surface area contributed by atoms with Gasteiger partial charge in [0, 0.05) is 31.6 Å². The molecular formula is C13H18ClNO3. The Labute approximate surface area is 112 Å². The maximum absolute atomic E-state index is 9.49. The van der Waals surface area contributed by atoms with E-state index in [1.165, 1.54) is 0 Å². The van der Waals surface area contributed by atoms with Crippen LogP contribution in [0.3, 0.4) is 0 Å². The minimum atomic E-state index is -0.478. The lowest BCUT2D eigenvalue weighted by atomic mass is 10.1. The summed E-state index contributed by atoms with van der Waals surface area (Å²) < 4.78 is 10.6. The smallest absolute Gasteiger partial charge is 0.123 e. The molecule has 4 nitrogen and oxygen atoms in total. The van der Waals surface area contributed by atoms with Crippen molar-refractivity contribution in [2.75, 3.05) is 26.8 Å². The Morgan fingerprint density at radius 2 is 2.44 bits per heavy atom. The topological polar surface area (TPSA) is 50.7 Å². The summed E-state index contributed by atoms with van der Waals surface area (Å²) in [7, 11) is 1.57. The first-order valence-corrected chi connectivity index (χ1v) is 6.39. The van der Waals surface area contributed by atoms with E-state index < -0.39 is 6.10 Å². The minimum absolute atomic E-state index is 0.105. The fourth-order valence-electron chi connectivity index (χ4n) is 2.07. The predicted molar refractivity (Wildman–Crippen MR) is 70.3 cm³/mol. The minimum Gasteiger partial charge on any atom is -0.488 e. The molecule has 1 heterocycles. The molecule has 2 atom stereocenters. The Bertz CT molecular complexity index is 400. The number of benzene rings is 1. The highest BCUT2D eigenvalue weighted by Crippen LogP contribution is 2.30. The maximum atomic E-state index is 9.49. The van der Waals surface area contributed by atoms with Crippen LogP contribution in [0.25, 0.3) is 0 Å². The van der Waals surface area contributed by atoms with Crippen molar-refractivity contribution in [2.45, 2.75) is 18.6 Å². The zero-order chi connectivity index (χ0) is 13.0. The van der Waals surface area contributed by atoms with Gasteiger partial charge in [0.1, 0.15) is 11.9 Å². The second-order valence-electron chi connectivity index (χ2n) is 4.46. The van der Waals surface area contributed by atoms with Gasteiger partial charge in [-0.15, -0.1) is 0 Å². The van der Waals surface area contributed by atoms with Crippen LogP contribution in [-0.4, -0.2) is 44.1 Å². The SMILES string of the molecule is COCC(O)CNCC1Cc2cc(Cl)ccc2O1. The standard InChI is InChI=1S/C13H18ClNO3/c1-17-8-11(16)6-15-7-12-5-9-4-10(14)2-3-13(9)18-12/h2-4,11-12,15-16H,5-8H2,1H3. The summed E-state index contributed by atoms with van der Waals surface area (Å²) in [6, 6.07) is 5.67. The van der Waals surface area contributed by atoms with Crippen molar-refractivity contribution in [1.29, 1.82) is 0 Å². The largest absolute Gasteiger partial charge is 0.488 e. The number of nitrogens with one attached hydrogen (secondary N) is 1. The van der Waals surface area contributed by atoms with Crippen molar-refractivity contribution in [1.82, 2.24) is 5.32 Å². The van der Waals surface area contributed by atoms with Gasteiger partial charge < -0.3 is 19.9 Å². The van der Waals surface area contributed by atoms with Gasteiger partial charge in [-0.05, 0) is 23.8 Å². The number of hydrogen-bond donors (Lipinski definition) is 2. The van der Waals surface area contributed by atoms with Crippen LogP contribution < -0.4 is 10.1 Å². The van der Waals surface area contributed by atoms with Gasteiger partial charge in [0.05, 0.1) is 12.7 Å². The zero-order valence-electron chi connectivity index (χ0n) is 10.4. The number of rotatable bonds is 6. The summed E-state index contributed by atoms with van der Waals surface area (Å²) in [6.45, 7) is 1.55. The van der Waals surface area contributed by atoms with Crippen LogP contribution in [0.4, 0.5) is 0 Å². The highest BCUT2D eigenvalue weighted by molar-refractivity contribution is 6.30. The van der Waals surface area contributed by atoms with E-state index in [-0.39, 0.29) is 6.10 Å². The molecular weight excluding hydrogens is 254 g/mol. The van der Waals surface area contributed by atoms with Crippen molar-refractivity contribution in [3.05, 3.63) is 28.8 Å². The van der Waals surface area contributed by atoms with Crippen LogP contribution in [-0.2, 0) is 11.2 Å². The Balaban J connectivity index is 1.74. The van der Waals surface area contributed by atoms with E-state index in [9.17, 15) is 5.11 Å². The number of ether oxygens (including phenoxy) is 2. The fraction of sp³-hybridized carbons (Fsp3) is 0.538.